The van der Waals surface area contributed by atoms with Crippen molar-refractivity contribution >= 4 is 36.4 Å². The Kier molecular flexibility index (Phi) is 13.0. The summed E-state index contributed by atoms with van der Waals surface area (Å²) in [6.07, 6.45) is 8.24. The van der Waals surface area contributed by atoms with Crippen LogP contribution < -0.4 is 27.0 Å². The lowest BCUT2D eigenvalue weighted by atomic mass is 10.1. The molecule has 2 aromatic heterocycles. The molecule has 1 unspecified atom stereocenters. The zero-order valence-electron chi connectivity index (χ0n) is 24.8. The van der Waals surface area contributed by atoms with Crippen LogP contribution in [0.2, 0.25) is 0 Å². The van der Waals surface area contributed by atoms with Crippen LogP contribution in [-0.2, 0) is 31.6 Å². The number of nitrogens with one attached hydrogen (secondary N) is 1. The molecule has 1 aromatic carbocycles. The number of nitrogen functional groups attached to an aromatic ring is 2. The number of nitrogens with zero attached hydrogens (tertiary/aromatic N) is 4. The molecule has 0 aliphatic heterocycles. The van der Waals surface area contributed by atoms with Crippen LogP contribution in [0.1, 0.15) is 64.9 Å². The first kappa shape index (κ1) is 33.3. The smallest absolute Gasteiger partial charge is 0.404 e. The standard InChI is InChI=1S/C28H45N8O5P/c1-4-6-7-8-9-10-15-32-27(37)23(29)16-21-11-13-22(14-12-21)41-42(38,40-5-2)19-39-20(3)17-36-18-33-24-25(30)34-28(31)35-26(24)36/h11-14,18,20,23H,4-10,15-17,19,29H2,1-3H3,(H,32,37)(H4,30,31,34,35)/t20-,23+,42?/m1/s1. The predicted octanol–water partition coefficient (Wildman–Crippen LogP) is 4.01. The van der Waals surface area contributed by atoms with E-state index in [4.69, 9.17) is 31.0 Å². The van der Waals surface area contributed by atoms with E-state index in [2.05, 4.69) is 27.2 Å². The Morgan fingerprint density at radius 1 is 1.07 bits per heavy atom. The highest BCUT2D eigenvalue weighted by molar-refractivity contribution is 7.54. The van der Waals surface area contributed by atoms with Crippen molar-refractivity contribution in [2.45, 2.75) is 84.4 Å². The highest BCUT2D eigenvalue weighted by Crippen LogP contribution is 2.48. The molecule has 42 heavy (non-hydrogen) atoms. The quantitative estimate of drug-likeness (QED) is 0.114. The van der Waals surface area contributed by atoms with Gasteiger partial charge in [0.05, 0.1) is 31.6 Å². The van der Waals surface area contributed by atoms with E-state index in [1.807, 2.05) is 6.92 Å². The molecular weight excluding hydrogens is 559 g/mol. The normalized spacial score (nSPS) is 14.4. The number of hydrogen-bond donors (Lipinski definition) is 4. The van der Waals surface area contributed by atoms with Gasteiger partial charge in [-0.15, -0.1) is 0 Å². The Morgan fingerprint density at radius 3 is 2.50 bits per heavy atom. The fourth-order valence-corrected chi connectivity index (χ4v) is 5.85. The number of fused-ring (bicyclic) bond motifs is 1. The van der Waals surface area contributed by atoms with Gasteiger partial charge in [0.25, 0.3) is 0 Å². The third-order valence-corrected chi connectivity index (χ3v) is 8.20. The van der Waals surface area contributed by atoms with Gasteiger partial charge in [0.1, 0.15) is 11.3 Å². The van der Waals surface area contributed by atoms with Crippen molar-refractivity contribution in [3.05, 3.63) is 36.2 Å². The number of ether oxygens (including phenoxy) is 1. The first-order valence-electron chi connectivity index (χ1n) is 14.5. The van der Waals surface area contributed by atoms with Crippen molar-refractivity contribution < 1.29 is 23.1 Å². The van der Waals surface area contributed by atoms with Crippen molar-refractivity contribution in [1.82, 2.24) is 24.8 Å². The summed E-state index contributed by atoms with van der Waals surface area (Å²) in [5.74, 6) is 0.429. The number of nitrogens with two attached hydrogens (primary N) is 3. The van der Waals surface area contributed by atoms with E-state index in [1.54, 1.807) is 42.1 Å². The van der Waals surface area contributed by atoms with Crippen LogP contribution in [0.4, 0.5) is 11.8 Å². The molecule has 7 N–H and O–H groups in total. The van der Waals surface area contributed by atoms with E-state index in [1.165, 1.54) is 25.7 Å². The molecule has 14 heteroatoms. The summed E-state index contributed by atoms with van der Waals surface area (Å²) in [6, 6.07) is 6.28. The topological polar surface area (TPSA) is 196 Å². The number of unbranched alkanes of at least 4 members (excludes halogenated alkanes) is 5. The second kappa shape index (κ2) is 16.4. The van der Waals surface area contributed by atoms with Crippen molar-refractivity contribution in [3.8, 4) is 5.75 Å². The molecule has 13 nitrogen and oxygen atoms in total. The van der Waals surface area contributed by atoms with Gasteiger partial charge in [-0.05, 0) is 44.4 Å². The zero-order valence-corrected chi connectivity index (χ0v) is 25.7. The minimum Gasteiger partial charge on any atom is -0.423 e. The van der Waals surface area contributed by atoms with E-state index in [0.717, 1.165) is 18.4 Å². The van der Waals surface area contributed by atoms with Gasteiger partial charge in [-0.1, -0.05) is 51.2 Å². The van der Waals surface area contributed by atoms with Crippen molar-refractivity contribution in [1.29, 1.82) is 0 Å². The average Bonchev–Trinajstić information content (AvgIpc) is 3.35. The number of rotatable bonds is 19. The molecule has 0 radical (unpaired) electrons. The lowest BCUT2D eigenvalue weighted by Crippen LogP contribution is -2.42. The van der Waals surface area contributed by atoms with Crippen LogP contribution in [0.15, 0.2) is 30.6 Å². The molecule has 3 rings (SSSR count). The molecular formula is C28H45N8O5P. The van der Waals surface area contributed by atoms with E-state index < -0.39 is 19.7 Å². The van der Waals surface area contributed by atoms with Gasteiger partial charge in [-0.3, -0.25) is 9.32 Å². The molecule has 0 saturated carbocycles. The van der Waals surface area contributed by atoms with Crippen LogP contribution in [-0.4, -0.2) is 57.1 Å². The van der Waals surface area contributed by atoms with Crippen molar-refractivity contribution in [2.75, 3.05) is 31.0 Å². The summed E-state index contributed by atoms with van der Waals surface area (Å²) in [6.45, 7) is 6.90. The molecule has 0 spiro atoms. The third kappa shape index (κ3) is 10.2. The number of carbonyl (C=O) groups is 1. The van der Waals surface area contributed by atoms with Crippen LogP contribution in [0.25, 0.3) is 11.2 Å². The van der Waals surface area contributed by atoms with Gasteiger partial charge >= 0.3 is 7.60 Å². The predicted molar refractivity (Wildman–Crippen MR) is 164 cm³/mol. The highest BCUT2D eigenvalue weighted by Gasteiger charge is 2.28. The molecule has 232 valence electrons. The van der Waals surface area contributed by atoms with E-state index in [0.29, 0.717) is 36.4 Å². The summed E-state index contributed by atoms with van der Waals surface area (Å²) in [4.78, 5) is 24.7. The van der Waals surface area contributed by atoms with Gasteiger partial charge < -0.3 is 36.3 Å². The summed E-state index contributed by atoms with van der Waals surface area (Å²) in [7, 11) is -3.63. The maximum absolute atomic E-state index is 13.4. The Labute approximate surface area is 247 Å². The molecule has 0 aliphatic carbocycles. The Balaban J connectivity index is 1.48. The minimum absolute atomic E-state index is 0.0457. The Hall–Kier alpha value is -3.25. The molecule has 3 atom stereocenters. The second-order valence-corrected chi connectivity index (χ2v) is 12.2. The second-order valence-electron chi connectivity index (χ2n) is 10.3. The average molecular weight is 605 g/mol. The monoisotopic (exact) mass is 604 g/mol. The molecule has 1 amide bonds. The van der Waals surface area contributed by atoms with Gasteiger partial charge in [-0.2, -0.15) is 9.97 Å². The maximum Gasteiger partial charge on any atom is 0.404 e. The number of benzene rings is 1. The third-order valence-electron chi connectivity index (χ3n) is 6.59. The Morgan fingerprint density at radius 2 is 1.79 bits per heavy atom. The fraction of sp³-hybridized carbons (Fsp3) is 0.571. The molecule has 0 fully saturated rings. The highest BCUT2D eigenvalue weighted by atomic mass is 31.2. The minimum atomic E-state index is -3.63. The zero-order chi connectivity index (χ0) is 30.5. The van der Waals surface area contributed by atoms with Crippen molar-refractivity contribution in [3.63, 3.8) is 0 Å². The molecule has 0 aliphatic rings. The summed E-state index contributed by atoms with van der Waals surface area (Å²) in [5, 5.41) is 2.92. The van der Waals surface area contributed by atoms with E-state index in [9.17, 15) is 9.36 Å². The number of imidazole rings is 1. The molecule has 0 saturated heterocycles. The molecule has 0 bridgehead atoms. The number of anilines is 2. The fourth-order valence-electron chi connectivity index (χ4n) is 4.39. The van der Waals surface area contributed by atoms with Gasteiger partial charge in [-0.25, -0.2) is 9.55 Å². The van der Waals surface area contributed by atoms with E-state index >= 15 is 0 Å². The first-order chi connectivity index (χ1) is 20.1. The number of carbonyl (C=O) groups excluding carboxylic acids is 1. The summed E-state index contributed by atoms with van der Waals surface area (Å²) in [5.41, 5.74) is 19.5. The first-order valence-corrected chi connectivity index (χ1v) is 16.3. The molecule has 2 heterocycles. The SMILES string of the molecule is CCCCCCCCNC(=O)[C@@H](N)Cc1ccc(OP(=O)(CO[C@H](C)Cn2cnc3c(N)nc(N)nc32)OCC)cc1. The van der Waals surface area contributed by atoms with Gasteiger partial charge in [0.15, 0.2) is 17.8 Å². The summed E-state index contributed by atoms with van der Waals surface area (Å²) >= 11 is 0. The maximum atomic E-state index is 13.4. The lowest BCUT2D eigenvalue weighted by molar-refractivity contribution is -0.122. The van der Waals surface area contributed by atoms with Crippen LogP contribution in [0.3, 0.4) is 0 Å². The van der Waals surface area contributed by atoms with Gasteiger partial charge in [0.2, 0.25) is 11.9 Å². The van der Waals surface area contributed by atoms with Gasteiger partial charge in [0, 0.05) is 6.54 Å². The molecule has 3 aromatic rings. The largest absolute Gasteiger partial charge is 0.423 e. The number of hydrogen-bond acceptors (Lipinski definition) is 11. The van der Waals surface area contributed by atoms with Crippen LogP contribution in [0.5, 0.6) is 5.75 Å². The summed E-state index contributed by atoms with van der Waals surface area (Å²) < 4.78 is 32.3. The van der Waals surface area contributed by atoms with Crippen LogP contribution >= 0.6 is 7.60 Å². The Bertz CT molecular complexity index is 1320. The number of amides is 1. The van der Waals surface area contributed by atoms with E-state index in [-0.39, 0.29) is 30.6 Å². The van der Waals surface area contributed by atoms with Crippen LogP contribution in [0, 0.1) is 0 Å². The number of aromatic nitrogens is 4. The van der Waals surface area contributed by atoms with Crippen molar-refractivity contribution in [2.24, 2.45) is 5.73 Å². The lowest BCUT2D eigenvalue weighted by Gasteiger charge is -2.21.